The molecule has 0 radical (unpaired) electrons. The normalized spacial score (nSPS) is 21.1. The van der Waals surface area contributed by atoms with E-state index >= 15 is 0 Å². The van der Waals surface area contributed by atoms with Crippen LogP contribution in [0.15, 0.2) is 45.6 Å². The zero-order valence-electron chi connectivity index (χ0n) is 14.2. The maximum Gasteiger partial charge on any atom is 0.286 e. The van der Waals surface area contributed by atoms with Crippen LogP contribution in [0.2, 0.25) is 0 Å². The van der Waals surface area contributed by atoms with Crippen molar-refractivity contribution in [2.75, 3.05) is 19.6 Å². The number of amides is 1. The standard InChI is InChI=1S/C18H20N4O4/c23-15-11-22(10-13-3-1-4-14-17(13)21-26-20-14)7-6-12(15)9-19-18(24)16-5-2-8-25-16/h1-5,8,12,15,23H,6-7,9-11H2,(H,19,24)/t12-,15+/m0/s1. The lowest BCUT2D eigenvalue weighted by Gasteiger charge is -2.36. The molecule has 0 saturated carbocycles. The molecule has 0 bridgehead atoms. The maximum absolute atomic E-state index is 11.9. The van der Waals surface area contributed by atoms with Crippen molar-refractivity contribution >= 4 is 16.9 Å². The molecule has 0 spiro atoms. The van der Waals surface area contributed by atoms with Crippen LogP contribution >= 0.6 is 0 Å². The molecule has 136 valence electrons. The second kappa shape index (κ2) is 7.27. The summed E-state index contributed by atoms with van der Waals surface area (Å²) in [6.45, 7) is 2.48. The summed E-state index contributed by atoms with van der Waals surface area (Å²) in [5.41, 5.74) is 2.52. The first kappa shape index (κ1) is 16.7. The molecule has 8 nitrogen and oxygen atoms in total. The highest BCUT2D eigenvalue weighted by molar-refractivity contribution is 5.91. The average Bonchev–Trinajstić information content (AvgIpc) is 3.33. The number of furan rings is 1. The topological polar surface area (TPSA) is 105 Å². The first-order chi connectivity index (χ1) is 12.7. The van der Waals surface area contributed by atoms with Gasteiger partial charge >= 0.3 is 0 Å². The van der Waals surface area contributed by atoms with Crippen LogP contribution in [0.25, 0.3) is 11.0 Å². The Morgan fingerprint density at radius 2 is 2.23 bits per heavy atom. The van der Waals surface area contributed by atoms with Gasteiger partial charge in [0.2, 0.25) is 0 Å². The van der Waals surface area contributed by atoms with Crippen molar-refractivity contribution < 1.29 is 18.9 Å². The molecule has 1 saturated heterocycles. The van der Waals surface area contributed by atoms with Gasteiger partial charge in [0.05, 0.1) is 12.4 Å². The van der Waals surface area contributed by atoms with E-state index in [0.29, 0.717) is 19.6 Å². The first-order valence-electron chi connectivity index (χ1n) is 8.63. The zero-order valence-corrected chi connectivity index (χ0v) is 14.2. The average molecular weight is 356 g/mol. The maximum atomic E-state index is 11.9. The molecule has 2 atom stereocenters. The van der Waals surface area contributed by atoms with Crippen LogP contribution in [0, 0.1) is 5.92 Å². The summed E-state index contributed by atoms with van der Waals surface area (Å²) in [7, 11) is 0. The fourth-order valence-corrected chi connectivity index (χ4v) is 3.38. The van der Waals surface area contributed by atoms with Crippen LogP contribution in [0.5, 0.6) is 0 Å². The summed E-state index contributed by atoms with van der Waals surface area (Å²) in [5, 5.41) is 21.1. The van der Waals surface area contributed by atoms with Crippen molar-refractivity contribution in [2.24, 2.45) is 5.92 Å². The minimum atomic E-state index is -0.504. The van der Waals surface area contributed by atoms with Gasteiger partial charge in [-0.2, -0.15) is 0 Å². The number of likely N-dealkylation sites (tertiary alicyclic amines) is 1. The predicted octanol–water partition coefficient (Wildman–Crippen LogP) is 1.43. The van der Waals surface area contributed by atoms with E-state index in [1.54, 1.807) is 12.1 Å². The predicted molar refractivity (Wildman–Crippen MR) is 92.2 cm³/mol. The SMILES string of the molecule is O=C(NC[C@@H]1CCN(Cc2cccc3nonc23)C[C@H]1O)c1ccco1. The number of carbonyl (C=O) groups is 1. The summed E-state index contributed by atoms with van der Waals surface area (Å²) in [4.78, 5) is 14.1. The van der Waals surface area contributed by atoms with E-state index in [9.17, 15) is 9.90 Å². The van der Waals surface area contributed by atoms with Gasteiger partial charge in [0.1, 0.15) is 11.0 Å². The van der Waals surface area contributed by atoms with Gasteiger partial charge in [-0.1, -0.05) is 12.1 Å². The Labute approximate surface area is 149 Å². The van der Waals surface area contributed by atoms with Crippen LogP contribution in [-0.2, 0) is 6.54 Å². The van der Waals surface area contributed by atoms with Gasteiger partial charge in [0, 0.05) is 25.6 Å². The number of rotatable bonds is 5. The molecule has 8 heteroatoms. The Hall–Kier alpha value is -2.71. The first-order valence-corrected chi connectivity index (χ1v) is 8.63. The number of nitrogens with one attached hydrogen (secondary N) is 1. The van der Waals surface area contributed by atoms with Crippen LogP contribution < -0.4 is 5.32 Å². The van der Waals surface area contributed by atoms with E-state index < -0.39 is 6.10 Å². The Kier molecular flexibility index (Phi) is 4.68. The van der Waals surface area contributed by atoms with Crippen LogP contribution in [0.1, 0.15) is 22.5 Å². The van der Waals surface area contributed by atoms with E-state index in [-0.39, 0.29) is 17.6 Å². The minimum Gasteiger partial charge on any atom is -0.459 e. The van der Waals surface area contributed by atoms with Crippen LogP contribution in [0.3, 0.4) is 0 Å². The molecule has 26 heavy (non-hydrogen) atoms. The molecule has 0 aliphatic carbocycles. The number of hydrogen-bond acceptors (Lipinski definition) is 7. The third-order valence-electron chi connectivity index (χ3n) is 4.84. The van der Waals surface area contributed by atoms with Gasteiger partial charge in [-0.15, -0.1) is 0 Å². The third kappa shape index (κ3) is 3.47. The highest BCUT2D eigenvalue weighted by Gasteiger charge is 2.28. The molecule has 3 heterocycles. The molecule has 1 fully saturated rings. The fourth-order valence-electron chi connectivity index (χ4n) is 3.38. The van der Waals surface area contributed by atoms with Gasteiger partial charge in [0.15, 0.2) is 5.76 Å². The van der Waals surface area contributed by atoms with Gasteiger partial charge in [-0.3, -0.25) is 9.69 Å². The van der Waals surface area contributed by atoms with E-state index in [2.05, 4.69) is 20.5 Å². The minimum absolute atomic E-state index is 0.0228. The molecule has 2 N–H and O–H groups in total. The molecule has 1 aliphatic heterocycles. The number of aliphatic hydroxyl groups excluding tert-OH is 1. The molecule has 0 unspecified atom stereocenters. The van der Waals surface area contributed by atoms with Crippen molar-refractivity contribution in [1.29, 1.82) is 0 Å². The van der Waals surface area contributed by atoms with E-state index in [1.807, 2.05) is 18.2 Å². The number of aromatic nitrogens is 2. The smallest absolute Gasteiger partial charge is 0.286 e. The Balaban J connectivity index is 1.32. The summed E-state index contributed by atoms with van der Waals surface area (Å²) < 4.78 is 9.87. The molecule has 1 amide bonds. The quantitative estimate of drug-likeness (QED) is 0.712. The fraction of sp³-hybridized carbons (Fsp3) is 0.389. The summed E-state index contributed by atoms with van der Waals surface area (Å²) in [5.74, 6) is 0.0516. The van der Waals surface area contributed by atoms with Gasteiger partial charge in [0.25, 0.3) is 5.91 Å². The molecule has 3 aromatic rings. The lowest BCUT2D eigenvalue weighted by atomic mass is 9.93. The monoisotopic (exact) mass is 356 g/mol. The van der Waals surface area contributed by atoms with Crippen molar-refractivity contribution in [3.8, 4) is 0 Å². The Bertz CT molecular complexity index is 876. The molecule has 1 aromatic carbocycles. The Morgan fingerprint density at radius 1 is 1.31 bits per heavy atom. The number of benzene rings is 1. The van der Waals surface area contributed by atoms with E-state index in [4.69, 9.17) is 9.05 Å². The number of hydrogen-bond donors (Lipinski definition) is 2. The highest BCUT2D eigenvalue weighted by atomic mass is 16.6. The molecule has 4 rings (SSSR count). The number of fused-ring (bicyclic) bond motifs is 1. The van der Waals surface area contributed by atoms with E-state index in [0.717, 1.165) is 29.6 Å². The van der Waals surface area contributed by atoms with Gasteiger partial charge in [-0.05, 0) is 47.0 Å². The van der Waals surface area contributed by atoms with Crippen molar-refractivity contribution in [3.05, 3.63) is 47.9 Å². The van der Waals surface area contributed by atoms with Gasteiger partial charge in [-0.25, -0.2) is 4.63 Å². The van der Waals surface area contributed by atoms with Crippen molar-refractivity contribution in [1.82, 2.24) is 20.5 Å². The van der Waals surface area contributed by atoms with Crippen LogP contribution in [-0.4, -0.2) is 52.0 Å². The molecular formula is C18H20N4O4. The Morgan fingerprint density at radius 3 is 3.04 bits per heavy atom. The summed E-state index contributed by atoms with van der Waals surface area (Å²) in [6, 6.07) is 9.07. The van der Waals surface area contributed by atoms with Gasteiger partial charge < -0.3 is 14.8 Å². The molecular weight excluding hydrogens is 336 g/mol. The van der Waals surface area contributed by atoms with Crippen molar-refractivity contribution in [2.45, 2.75) is 19.1 Å². The number of piperidine rings is 1. The summed E-state index contributed by atoms with van der Waals surface area (Å²) in [6.07, 6.45) is 1.76. The number of carbonyl (C=O) groups excluding carboxylic acids is 1. The second-order valence-corrected chi connectivity index (χ2v) is 6.59. The molecule has 2 aromatic heterocycles. The lowest BCUT2D eigenvalue weighted by Crippen LogP contribution is -2.47. The number of β-amino-alcohol motifs (C(OH)–C–C–N with tert-alkyl or cyclic N) is 1. The highest BCUT2D eigenvalue weighted by Crippen LogP contribution is 2.22. The lowest BCUT2D eigenvalue weighted by molar-refractivity contribution is 0.0190. The largest absolute Gasteiger partial charge is 0.459 e. The van der Waals surface area contributed by atoms with Crippen LogP contribution in [0.4, 0.5) is 0 Å². The summed E-state index contributed by atoms with van der Waals surface area (Å²) >= 11 is 0. The molecule has 1 aliphatic rings. The zero-order chi connectivity index (χ0) is 17.9. The second-order valence-electron chi connectivity index (χ2n) is 6.59. The van der Waals surface area contributed by atoms with Crippen molar-refractivity contribution in [3.63, 3.8) is 0 Å². The number of aliphatic hydroxyl groups is 1. The number of nitrogens with zero attached hydrogens (tertiary/aromatic N) is 3. The van der Waals surface area contributed by atoms with E-state index in [1.165, 1.54) is 6.26 Å². The third-order valence-corrected chi connectivity index (χ3v) is 4.84.